The molecule has 0 amide bonds. The molecule has 19 heavy (non-hydrogen) atoms. The van der Waals surface area contributed by atoms with E-state index in [0.29, 0.717) is 18.6 Å². The Morgan fingerprint density at radius 1 is 1.32 bits per heavy atom. The second-order valence-corrected chi connectivity index (χ2v) is 5.89. The van der Waals surface area contributed by atoms with Gasteiger partial charge in [0, 0.05) is 12.0 Å². The van der Waals surface area contributed by atoms with E-state index in [0.717, 1.165) is 38.6 Å². The molecule has 0 aromatic rings. The van der Waals surface area contributed by atoms with Gasteiger partial charge in [-0.1, -0.05) is 12.8 Å². The van der Waals surface area contributed by atoms with Crippen molar-refractivity contribution >= 4 is 5.97 Å². The number of ether oxygens (including phenoxy) is 1. The molecule has 0 aromatic carbocycles. The lowest BCUT2D eigenvalue weighted by atomic mass is 9.87. The van der Waals surface area contributed by atoms with Gasteiger partial charge in [0.1, 0.15) is 6.04 Å². The van der Waals surface area contributed by atoms with E-state index in [2.05, 4.69) is 4.90 Å². The molecule has 4 nitrogen and oxygen atoms in total. The summed E-state index contributed by atoms with van der Waals surface area (Å²) in [6.45, 7) is 5.18. The highest BCUT2D eigenvalue weighted by Crippen LogP contribution is 2.36. The standard InChI is InChI=1S/C15H27NO3/c1-3-19-15(18)11(2)16-10-5-4-8-13(16)12-7-6-9-14(12)17/h11-14,17H,3-10H2,1-2H3. The molecule has 2 aliphatic rings. The van der Waals surface area contributed by atoms with Gasteiger partial charge in [0.15, 0.2) is 0 Å². The highest BCUT2D eigenvalue weighted by Gasteiger charge is 2.40. The van der Waals surface area contributed by atoms with Crippen LogP contribution in [0, 0.1) is 5.92 Å². The van der Waals surface area contributed by atoms with Gasteiger partial charge in [-0.05, 0) is 46.1 Å². The van der Waals surface area contributed by atoms with Crippen LogP contribution >= 0.6 is 0 Å². The summed E-state index contributed by atoms with van der Waals surface area (Å²) in [6, 6.07) is 0.170. The maximum Gasteiger partial charge on any atom is 0.323 e. The summed E-state index contributed by atoms with van der Waals surface area (Å²) < 4.78 is 5.15. The van der Waals surface area contributed by atoms with Crippen molar-refractivity contribution < 1.29 is 14.6 Å². The van der Waals surface area contributed by atoms with Gasteiger partial charge >= 0.3 is 5.97 Å². The molecule has 1 saturated heterocycles. The van der Waals surface area contributed by atoms with Crippen LogP contribution in [0.5, 0.6) is 0 Å². The maximum atomic E-state index is 12.0. The zero-order valence-corrected chi connectivity index (χ0v) is 12.2. The Kier molecular flexibility index (Phi) is 5.22. The topological polar surface area (TPSA) is 49.8 Å². The van der Waals surface area contributed by atoms with Gasteiger partial charge in [-0.15, -0.1) is 0 Å². The second kappa shape index (κ2) is 6.71. The summed E-state index contributed by atoms with van der Waals surface area (Å²) in [5.74, 6) is 0.221. The van der Waals surface area contributed by atoms with Crippen molar-refractivity contribution in [1.29, 1.82) is 0 Å². The van der Waals surface area contributed by atoms with Gasteiger partial charge in [-0.2, -0.15) is 0 Å². The van der Waals surface area contributed by atoms with Crippen LogP contribution in [0.1, 0.15) is 52.4 Å². The number of hydrogen-bond donors (Lipinski definition) is 1. The number of nitrogens with zero attached hydrogens (tertiary/aromatic N) is 1. The van der Waals surface area contributed by atoms with E-state index < -0.39 is 0 Å². The maximum absolute atomic E-state index is 12.0. The molecule has 1 aliphatic carbocycles. The third-order valence-corrected chi connectivity index (χ3v) is 4.74. The van der Waals surface area contributed by atoms with E-state index >= 15 is 0 Å². The van der Waals surface area contributed by atoms with E-state index in [1.165, 1.54) is 6.42 Å². The van der Waals surface area contributed by atoms with E-state index in [1.54, 1.807) is 0 Å². The van der Waals surface area contributed by atoms with Crippen molar-refractivity contribution in [1.82, 2.24) is 4.90 Å². The first-order valence-corrected chi connectivity index (χ1v) is 7.75. The van der Waals surface area contributed by atoms with Crippen LogP contribution < -0.4 is 0 Å². The number of rotatable bonds is 4. The Balaban J connectivity index is 2.04. The summed E-state index contributed by atoms with van der Waals surface area (Å²) in [6.07, 6.45) is 6.40. The van der Waals surface area contributed by atoms with Gasteiger partial charge in [-0.25, -0.2) is 0 Å². The normalized spacial score (nSPS) is 34.2. The minimum atomic E-state index is -0.182. The average molecular weight is 269 g/mol. The lowest BCUT2D eigenvalue weighted by molar-refractivity contribution is -0.151. The first kappa shape index (κ1) is 14.8. The lowest BCUT2D eigenvalue weighted by Crippen LogP contribution is -2.53. The fraction of sp³-hybridized carbons (Fsp3) is 0.933. The molecule has 1 aliphatic heterocycles. The van der Waals surface area contributed by atoms with Gasteiger partial charge in [0.05, 0.1) is 12.7 Å². The van der Waals surface area contributed by atoms with Crippen molar-refractivity contribution in [2.45, 2.75) is 70.6 Å². The Bertz CT molecular complexity index is 308. The van der Waals surface area contributed by atoms with Crippen LogP contribution in [0.2, 0.25) is 0 Å². The van der Waals surface area contributed by atoms with Crippen LogP contribution in [0.15, 0.2) is 0 Å². The van der Waals surface area contributed by atoms with Crippen molar-refractivity contribution in [3.63, 3.8) is 0 Å². The average Bonchev–Trinajstić information content (AvgIpc) is 2.84. The summed E-state index contributed by atoms with van der Waals surface area (Å²) >= 11 is 0. The van der Waals surface area contributed by atoms with E-state index in [9.17, 15) is 9.90 Å². The molecule has 4 unspecified atom stereocenters. The van der Waals surface area contributed by atoms with Gasteiger partial charge in [0.2, 0.25) is 0 Å². The number of carbonyl (C=O) groups excluding carboxylic acids is 1. The molecule has 4 heteroatoms. The number of carbonyl (C=O) groups is 1. The quantitative estimate of drug-likeness (QED) is 0.793. The molecule has 2 rings (SSSR count). The first-order valence-electron chi connectivity index (χ1n) is 7.75. The summed E-state index contributed by atoms with van der Waals surface area (Å²) in [5, 5.41) is 10.1. The fourth-order valence-corrected chi connectivity index (χ4v) is 3.74. The zero-order valence-electron chi connectivity index (χ0n) is 12.2. The predicted molar refractivity (Wildman–Crippen MR) is 73.8 cm³/mol. The van der Waals surface area contributed by atoms with Crippen LogP contribution in [0.4, 0.5) is 0 Å². The zero-order chi connectivity index (χ0) is 13.8. The number of likely N-dealkylation sites (tertiary alicyclic amines) is 1. The molecule has 1 N–H and O–H groups in total. The summed E-state index contributed by atoms with van der Waals surface area (Å²) in [7, 11) is 0. The molecule has 0 spiro atoms. The Hall–Kier alpha value is -0.610. The number of piperidine rings is 1. The molecule has 1 saturated carbocycles. The Morgan fingerprint density at radius 3 is 2.74 bits per heavy atom. The number of aliphatic hydroxyl groups is 1. The molecule has 0 bridgehead atoms. The highest BCUT2D eigenvalue weighted by molar-refractivity contribution is 5.75. The SMILES string of the molecule is CCOC(=O)C(C)N1CCCCC1C1CCCC1O. The third-order valence-electron chi connectivity index (χ3n) is 4.74. The van der Waals surface area contributed by atoms with Crippen LogP contribution in [-0.4, -0.2) is 47.3 Å². The summed E-state index contributed by atoms with van der Waals surface area (Å²) in [4.78, 5) is 14.2. The van der Waals surface area contributed by atoms with Gasteiger partial charge in [-0.3, -0.25) is 9.69 Å². The van der Waals surface area contributed by atoms with Crippen molar-refractivity contribution in [2.24, 2.45) is 5.92 Å². The largest absolute Gasteiger partial charge is 0.465 e. The highest BCUT2D eigenvalue weighted by atomic mass is 16.5. The number of aliphatic hydroxyl groups excluding tert-OH is 1. The van der Waals surface area contributed by atoms with Crippen molar-refractivity contribution in [3.05, 3.63) is 0 Å². The first-order chi connectivity index (χ1) is 9.15. The summed E-state index contributed by atoms with van der Waals surface area (Å²) in [5.41, 5.74) is 0. The van der Waals surface area contributed by atoms with Gasteiger partial charge < -0.3 is 9.84 Å². The molecule has 1 heterocycles. The molecule has 110 valence electrons. The molecule has 0 radical (unpaired) electrons. The molecule has 2 fully saturated rings. The second-order valence-electron chi connectivity index (χ2n) is 5.89. The third kappa shape index (κ3) is 3.29. The van der Waals surface area contributed by atoms with Crippen LogP contribution in [-0.2, 0) is 9.53 Å². The minimum Gasteiger partial charge on any atom is -0.465 e. The monoisotopic (exact) mass is 269 g/mol. The minimum absolute atomic E-state index is 0.123. The van der Waals surface area contributed by atoms with Gasteiger partial charge in [0.25, 0.3) is 0 Å². The molecular formula is C15H27NO3. The van der Waals surface area contributed by atoms with E-state index in [1.807, 2.05) is 13.8 Å². The van der Waals surface area contributed by atoms with Crippen molar-refractivity contribution in [2.75, 3.05) is 13.2 Å². The van der Waals surface area contributed by atoms with Crippen LogP contribution in [0.25, 0.3) is 0 Å². The van der Waals surface area contributed by atoms with E-state index in [-0.39, 0.29) is 18.1 Å². The predicted octanol–water partition coefficient (Wildman–Crippen LogP) is 1.95. The smallest absolute Gasteiger partial charge is 0.323 e. The molecular weight excluding hydrogens is 242 g/mol. The molecule has 4 atom stereocenters. The lowest BCUT2D eigenvalue weighted by Gasteiger charge is -2.42. The van der Waals surface area contributed by atoms with E-state index in [4.69, 9.17) is 4.74 Å². The Labute approximate surface area is 116 Å². The Morgan fingerprint density at radius 2 is 2.11 bits per heavy atom. The van der Waals surface area contributed by atoms with Crippen LogP contribution in [0.3, 0.4) is 0 Å². The number of hydrogen-bond acceptors (Lipinski definition) is 4. The fourth-order valence-electron chi connectivity index (χ4n) is 3.74. The number of esters is 1. The van der Waals surface area contributed by atoms with Crippen molar-refractivity contribution in [3.8, 4) is 0 Å². The molecule has 0 aromatic heterocycles.